The summed E-state index contributed by atoms with van der Waals surface area (Å²) in [7, 11) is 0. The number of nitrogens with zero attached hydrogens (tertiary/aromatic N) is 1. The van der Waals surface area contributed by atoms with Gasteiger partial charge in [-0.15, -0.1) is 0 Å². The maximum absolute atomic E-state index is 11.1. The fraction of sp³-hybridized carbons (Fsp3) is 0.714. The summed E-state index contributed by atoms with van der Waals surface area (Å²) in [5, 5.41) is 14.8. The van der Waals surface area contributed by atoms with E-state index in [1.54, 1.807) is 13.8 Å². The number of imide groups is 1. The normalized spacial score (nSPS) is 27.1. The van der Waals surface area contributed by atoms with E-state index >= 15 is 0 Å². The Labute approximate surface area is 80.0 Å². The van der Waals surface area contributed by atoms with Gasteiger partial charge < -0.3 is 5.32 Å². The molecular formula is C7H11N3O4. The van der Waals surface area contributed by atoms with Crippen molar-refractivity contribution in [1.29, 1.82) is 0 Å². The van der Waals surface area contributed by atoms with Crippen LogP contribution < -0.4 is 10.6 Å². The number of carbonyl (C=O) groups excluding carboxylic acids is 2. The summed E-state index contributed by atoms with van der Waals surface area (Å²) in [5.41, 5.74) is 0. The van der Waals surface area contributed by atoms with Gasteiger partial charge in [0.25, 0.3) is 0 Å². The zero-order valence-electron chi connectivity index (χ0n) is 7.81. The van der Waals surface area contributed by atoms with E-state index in [0.29, 0.717) is 0 Å². The fourth-order valence-corrected chi connectivity index (χ4v) is 1.37. The fourth-order valence-electron chi connectivity index (χ4n) is 1.37. The van der Waals surface area contributed by atoms with E-state index in [9.17, 15) is 19.7 Å². The Bertz CT molecular complexity index is 289. The molecule has 0 bridgehead atoms. The third-order valence-corrected chi connectivity index (χ3v) is 2.09. The molecule has 1 aliphatic heterocycles. The van der Waals surface area contributed by atoms with Crippen LogP contribution in [0.4, 0.5) is 4.79 Å². The largest absolute Gasteiger partial charge is 0.327 e. The number of rotatable bonds is 2. The van der Waals surface area contributed by atoms with Crippen LogP contribution in [-0.4, -0.2) is 28.9 Å². The second-order valence-corrected chi connectivity index (χ2v) is 3.46. The Morgan fingerprint density at radius 2 is 2.00 bits per heavy atom. The second kappa shape index (κ2) is 3.60. The molecule has 14 heavy (non-hydrogen) atoms. The maximum atomic E-state index is 11.1. The molecule has 0 spiro atoms. The predicted octanol–water partition coefficient (Wildman–Crippen LogP) is -0.504. The first-order valence-electron chi connectivity index (χ1n) is 4.18. The predicted molar refractivity (Wildman–Crippen MR) is 46.1 cm³/mol. The van der Waals surface area contributed by atoms with Gasteiger partial charge in [0.2, 0.25) is 0 Å². The molecular weight excluding hydrogens is 190 g/mol. The molecule has 78 valence electrons. The Hall–Kier alpha value is -1.66. The van der Waals surface area contributed by atoms with Crippen LogP contribution in [0, 0.1) is 16.0 Å². The van der Waals surface area contributed by atoms with Gasteiger partial charge in [-0.3, -0.25) is 20.2 Å². The van der Waals surface area contributed by atoms with Crippen molar-refractivity contribution in [3.8, 4) is 0 Å². The van der Waals surface area contributed by atoms with Crippen LogP contribution >= 0.6 is 0 Å². The van der Waals surface area contributed by atoms with Gasteiger partial charge in [-0.1, -0.05) is 13.8 Å². The average molecular weight is 201 g/mol. The van der Waals surface area contributed by atoms with Crippen molar-refractivity contribution in [2.45, 2.75) is 25.9 Å². The van der Waals surface area contributed by atoms with Crippen LogP contribution in [0.5, 0.6) is 0 Å². The molecule has 1 fully saturated rings. The molecule has 7 heteroatoms. The van der Waals surface area contributed by atoms with Crippen LogP contribution in [0.15, 0.2) is 0 Å². The molecule has 0 aromatic carbocycles. The number of hydrogen-bond acceptors (Lipinski definition) is 4. The highest BCUT2D eigenvalue weighted by Crippen LogP contribution is 2.12. The highest BCUT2D eigenvalue weighted by molar-refractivity contribution is 5.99. The van der Waals surface area contributed by atoms with Crippen molar-refractivity contribution in [2.24, 2.45) is 5.92 Å². The molecule has 7 nitrogen and oxygen atoms in total. The lowest BCUT2D eigenvalue weighted by Gasteiger charge is -2.28. The first-order valence-corrected chi connectivity index (χ1v) is 4.18. The molecule has 2 atom stereocenters. The zero-order chi connectivity index (χ0) is 10.9. The molecule has 0 aromatic rings. The number of hydrogen-bond donors (Lipinski definition) is 2. The molecule has 1 heterocycles. The van der Waals surface area contributed by atoms with Gasteiger partial charge in [0.1, 0.15) is 6.04 Å². The van der Waals surface area contributed by atoms with Crippen molar-refractivity contribution in [1.82, 2.24) is 10.6 Å². The van der Waals surface area contributed by atoms with Crippen molar-refractivity contribution in [2.75, 3.05) is 0 Å². The van der Waals surface area contributed by atoms with Gasteiger partial charge in [0, 0.05) is 4.92 Å². The van der Waals surface area contributed by atoms with Crippen LogP contribution in [0.3, 0.4) is 0 Å². The molecule has 0 aromatic heterocycles. The van der Waals surface area contributed by atoms with E-state index in [0.717, 1.165) is 0 Å². The van der Waals surface area contributed by atoms with Gasteiger partial charge in [-0.25, -0.2) is 4.79 Å². The van der Waals surface area contributed by atoms with Crippen molar-refractivity contribution in [3.63, 3.8) is 0 Å². The summed E-state index contributed by atoms with van der Waals surface area (Å²) in [5.74, 6) is -1.02. The molecule has 0 radical (unpaired) electrons. The number of nitro groups is 1. The molecule has 2 N–H and O–H groups in total. The standard InChI is InChI=1S/C7H11N3O4/c1-3(2)4-5(10(13)14)6(11)9-7(12)8-4/h3-5H,1-2H3,(H2,8,9,11,12). The van der Waals surface area contributed by atoms with Crippen LogP contribution in [0.25, 0.3) is 0 Å². The summed E-state index contributed by atoms with van der Waals surface area (Å²) in [6.07, 6.45) is 0. The maximum Gasteiger partial charge on any atom is 0.322 e. The highest BCUT2D eigenvalue weighted by Gasteiger charge is 2.45. The highest BCUT2D eigenvalue weighted by atomic mass is 16.6. The van der Waals surface area contributed by atoms with Gasteiger partial charge in [-0.05, 0) is 5.92 Å². The van der Waals surface area contributed by atoms with Crippen molar-refractivity contribution < 1.29 is 14.5 Å². The zero-order valence-corrected chi connectivity index (χ0v) is 7.81. The molecule has 1 rings (SSSR count). The average Bonchev–Trinajstić information content (AvgIpc) is 2.01. The topological polar surface area (TPSA) is 101 Å². The SMILES string of the molecule is CC(C)C1NC(=O)NC(=O)C1[N+](=O)[O-]. The number of amides is 3. The lowest BCUT2D eigenvalue weighted by molar-refractivity contribution is -0.513. The number of urea groups is 1. The van der Waals surface area contributed by atoms with Crippen LogP contribution in [0.2, 0.25) is 0 Å². The van der Waals surface area contributed by atoms with Gasteiger partial charge in [0.15, 0.2) is 0 Å². The third-order valence-electron chi connectivity index (χ3n) is 2.09. The number of nitrogens with one attached hydrogen (secondary N) is 2. The van der Waals surface area contributed by atoms with E-state index in [1.807, 2.05) is 5.32 Å². The molecule has 3 amide bonds. The molecule has 2 unspecified atom stereocenters. The van der Waals surface area contributed by atoms with E-state index in [-0.39, 0.29) is 5.92 Å². The lowest BCUT2D eigenvalue weighted by atomic mass is 9.95. The van der Waals surface area contributed by atoms with Crippen molar-refractivity contribution in [3.05, 3.63) is 10.1 Å². The van der Waals surface area contributed by atoms with E-state index < -0.39 is 28.9 Å². The molecule has 1 saturated heterocycles. The minimum Gasteiger partial charge on any atom is -0.327 e. The molecule has 1 aliphatic rings. The van der Waals surface area contributed by atoms with Crippen LogP contribution in [0.1, 0.15) is 13.8 Å². The van der Waals surface area contributed by atoms with Crippen LogP contribution in [-0.2, 0) is 4.79 Å². The van der Waals surface area contributed by atoms with Crippen molar-refractivity contribution >= 4 is 11.9 Å². The summed E-state index contributed by atoms with van der Waals surface area (Å²) >= 11 is 0. The second-order valence-electron chi connectivity index (χ2n) is 3.46. The third kappa shape index (κ3) is 1.81. The summed E-state index contributed by atoms with van der Waals surface area (Å²) in [4.78, 5) is 31.9. The minimum atomic E-state index is -1.40. The lowest BCUT2D eigenvalue weighted by Crippen LogP contribution is -2.65. The minimum absolute atomic E-state index is 0.166. The first-order chi connectivity index (χ1) is 6.43. The Morgan fingerprint density at radius 3 is 2.43 bits per heavy atom. The van der Waals surface area contributed by atoms with Gasteiger partial charge >= 0.3 is 18.0 Å². The summed E-state index contributed by atoms with van der Waals surface area (Å²) in [6.45, 7) is 3.42. The summed E-state index contributed by atoms with van der Waals surface area (Å²) in [6, 6.07) is -2.81. The Morgan fingerprint density at radius 1 is 1.43 bits per heavy atom. The van der Waals surface area contributed by atoms with E-state index in [2.05, 4.69) is 5.32 Å². The molecule has 0 aliphatic carbocycles. The monoisotopic (exact) mass is 201 g/mol. The van der Waals surface area contributed by atoms with Gasteiger partial charge in [0.05, 0.1) is 0 Å². The Kier molecular flexibility index (Phi) is 2.68. The van der Waals surface area contributed by atoms with Gasteiger partial charge in [-0.2, -0.15) is 0 Å². The number of carbonyl (C=O) groups is 2. The molecule has 0 saturated carbocycles. The smallest absolute Gasteiger partial charge is 0.322 e. The van der Waals surface area contributed by atoms with E-state index in [1.165, 1.54) is 0 Å². The van der Waals surface area contributed by atoms with E-state index in [4.69, 9.17) is 0 Å². The quantitative estimate of drug-likeness (QED) is 0.464. The summed E-state index contributed by atoms with van der Waals surface area (Å²) < 4.78 is 0. The Balaban J connectivity index is 2.92. The first kappa shape index (κ1) is 10.4.